The van der Waals surface area contributed by atoms with Crippen LogP contribution in [0.15, 0.2) is 12.3 Å². The molecule has 0 aliphatic carbocycles. The van der Waals surface area contributed by atoms with Gasteiger partial charge in [0.05, 0.1) is 0 Å². The van der Waals surface area contributed by atoms with E-state index in [4.69, 9.17) is 4.98 Å². The van der Waals surface area contributed by atoms with Gasteiger partial charge in [-0.2, -0.15) is 0 Å². The fourth-order valence-electron chi connectivity index (χ4n) is 3.61. The summed E-state index contributed by atoms with van der Waals surface area (Å²) in [5, 5.41) is 3.19. The molecule has 3 heterocycles. The fraction of sp³-hybridized carbons (Fsp3) is 0.688. The molecule has 0 radical (unpaired) electrons. The zero-order valence-electron chi connectivity index (χ0n) is 12.7. The second-order valence-corrected chi connectivity index (χ2v) is 6.15. The van der Waals surface area contributed by atoms with E-state index in [0.29, 0.717) is 0 Å². The Morgan fingerprint density at radius 3 is 3.00 bits per heavy atom. The van der Waals surface area contributed by atoms with Gasteiger partial charge in [0.25, 0.3) is 0 Å². The minimum absolute atomic E-state index is 0.746. The van der Waals surface area contributed by atoms with E-state index in [1.165, 1.54) is 49.3 Å². The summed E-state index contributed by atoms with van der Waals surface area (Å²) in [6.45, 7) is 7.85. The van der Waals surface area contributed by atoms with Gasteiger partial charge < -0.3 is 10.2 Å². The Morgan fingerprint density at radius 2 is 2.20 bits per heavy atom. The fourth-order valence-corrected chi connectivity index (χ4v) is 3.61. The molecular weight excluding hydrogens is 248 g/mol. The molecule has 2 aliphatic rings. The Bertz CT molecular complexity index is 460. The number of piperidine rings is 1. The molecule has 1 N–H and O–H groups in total. The molecule has 0 spiro atoms. The third kappa shape index (κ3) is 2.81. The van der Waals surface area contributed by atoms with E-state index in [2.05, 4.69) is 28.1 Å². The lowest BCUT2D eigenvalue weighted by Crippen LogP contribution is -2.55. The highest BCUT2D eigenvalue weighted by Gasteiger charge is 2.29. The number of hydrogen-bond acceptors (Lipinski definition) is 4. The monoisotopic (exact) mass is 274 g/mol. The topological polar surface area (TPSA) is 31.4 Å². The Kier molecular flexibility index (Phi) is 4.22. The Morgan fingerprint density at radius 1 is 1.30 bits per heavy atom. The van der Waals surface area contributed by atoms with Crippen LogP contribution >= 0.6 is 0 Å². The predicted octanol–water partition coefficient (Wildman–Crippen LogP) is 1.78. The lowest BCUT2D eigenvalue weighted by molar-refractivity contribution is 0.133. The number of rotatable bonds is 3. The van der Waals surface area contributed by atoms with Gasteiger partial charge in [-0.3, -0.25) is 4.90 Å². The van der Waals surface area contributed by atoms with Crippen molar-refractivity contribution in [2.24, 2.45) is 0 Å². The van der Waals surface area contributed by atoms with Crippen LogP contribution in [0.4, 0.5) is 5.82 Å². The molecule has 3 rings (SSSR count). The van der Waals surface area contributed by atoms with E-state index in [1.807, 2.05) is 13.2 Å². The Balaban J connectivity index is 1.72. The van der Waals surface area contributed by atoms with Crippen LogP contribution in [0, 0.1) is 6.92 Å². The summed E-state index contributed by atoms with van der Waals surface area (Å²) in [6.07, 6.45) is 6.15. The number of nitrogens with one attached hydrogen (secondary N) is 1. The molecule has 2 saturated heterocycles. The summed E-state index contributed by atoms with van der Waals surface area (Å²) in [5.41, 5.74) is 2.58. The molecule has 0 aromatic carbocycles. The second kappa shape index (κ2) is 6.10. The van der Waals surface area contributed by atoms with Gasteiger partial charge in [-0.15, -0.1) is 0 Å². The molecule has 0 amide bonds. The number of hydrogen-bond donors (Lipinski definition) is 1. The van der Waals surface area contributed by atoms with E-state index in [0.717, 1.165) is 25.7 Å². The maximum atomic E-state index is 4.73. The third-order valence-electron chi connectivity index (χ3n) is 4.63. The van der Waals surface area contributed by atoms with E-state index in [9.17, 15) is 0 Å². The highest BCUT2D eigenvalue weighted by Crippen LogP contribution is 2.26. The van der Waals surface area contributed by atoms with Crippen LogP contribution in [0.3, 0.4) is 0 Å². The zero-order chi connectivity index (χ0) is 13.9. The second-order valence-electron chi connectivity index (χ2n) is 6.15. The van der Waals surface area contributed by atoms with Crippen molar-refractivity contribution in [3.63, 3.8) is 0 Å². The highest BCUT2D eigenvalue weighted by atomic mass is 15.3. The molecule has 1 atom stereocenters. The number of fused-ring (bicyclic) bond motifs is 1. The SMILES string of the molecule is CNCc1cnc(N2CCN3CCCCC3C2)c(C)c1. The van der Waals surface area contributed by atoms with Crippen LogP contribution < -0.4 is 10.2 Å². The maximum Gasteiger partial charge on any atom is 0.131 e. The minimum Gasteiger partial charge on any atom is -0.354 e. The summed E-state index contributed by atoms with van der Waals surface area (Å²) in [6, 6.07) is 3.02. The molecule has 1 aromatic heterocycles. The summed E-state index contributed by atoms with van der Waals surface area (Å²) >= 11 is 0. The third-order valence-corrected chi connectivity index (χ3v) is 4.63. The average Bonchev–Trinajstić information content (AvgIpc) is 2.47. The average molecular weight is 274 g/mol. The van der Waals surface area contributed by atoms with Crippen LogP contribution in [0.25, 0.3) is 0 Å². The van der Waals surface area contributed by atoms with Gasteiger partial charge in [0.15, 0.2) is 0 Å². The van der Waals surface area contributed by atoms with Gasteiger partial charge in [0, 0.05) is 38.4 Å². The molecule has 1 aromatic rings. The Hall–Kier alpha value is -1.13. The molecule has 1 unspecified atom stereocenters. The Labute approximate surface area is 122 Å². The van der Waals surface area contributed by atoms with Gasteiger partial charge >= 0.3 is 0 Å². The molecule has 110 valence electrons. The first-order chi connectivity index (χ1) is 9.78. The van der Waals surface area contributed by atoms with Crippen LogP contribution in [-0.4, -0.2) is 49.2 Å². The molecule has 4 heteroatoms. The molecule has 2 fully saturated rings. The summed E-state index contributed by atoms with van der Waals surface area (Å²) < 4.78 is 0. The normalized spacial score (nSPS) is 23.7. The van der Waals surface area contributed by atoms with Gasteiger partial charge in [0.2, 0.25) is 0 Å². The van der Waals surface area contributed by atoms with Crippen molar-refractivity contribution in [1.29, 1.82) is 0 Å². The maximum absolute atomic E-state index is 4.73. The molecule has 2 aliphatic heterocycles. The van der Waals surface area contributed by atoms with E-state index < -0.39 is 0 Å². The van der Waals surface area contributed by atoms with Crippen LogP contribution in [-0.2, 0) is 6.54 Å². The van der Waals surface area contributed by atoms with Crippen molar-refractivity contribution in [2.75, 3.05) is 38.1 Å². The number of aryl methyl sites for hydroxylation is 1. The smallest absolute Gasteiger partial charge is 0.131 e. The summed E-state index contributed by atoms with van der Waals surface area (Å²) in [7, 11) is 1.98. The minimum atomic E-state index is 0.746. The quantitative estimate of drug-likeness (QED) is 0.910. The number of piperazine rings is 1. The van der Waals surface area contributed by atoms with Crippen molar-refractivity contribution in [3.8, 4) is 0 Å². The summed E-state index contributed by atoms with van der Waals surface area (Å²) in [4.78, 5) is 9.89. The highest BCUT2D eigenvalue weighted by molar-refractivity contribution is 5.48. The number of pyridine rings is 1. The van der Waals surface area contributed by atoms with Crippen LogP contribution in [0.2, 0.25) is 0 Å². The van der Waals surface area contributed by atoms with Gasteiger partial charge in [-0.05, 0) is 50.6 Å². The van der Waals surface area contributed by atoms with Gasteiger partial charge in [-0.1, -0.05) is 6.42 Å². The van der Waals surface area contributed by atoms with Crippen molar-refractivity contribution in [1.82, 2.24) is 15.2 Å². The molecule has 0 saturated carbocycles. The predicted molar refractivity (Wildman–Crippen MR) is 83.2 cm³/mol. The summed E-state index contributed by atoms with van der Waals surface area (Å²) in [5.74, 6) is 1.19. The van der Waals surface area contributed by atoms with Crippen LogP contribution in [0.1, 0.15) is 30.4 Å². The number of nitrogens with zero attached hydrogens (tertiary/aromatic N) is 3. The zero-order valence-corrected chi connectivity index (χ0v) is 12.7. The lowest BCUT2D eigenvalue weighted by atomic mass is 9.99. The van der Waals surface area contributed by atoms with E-state index >= 15 is 0 Å². The number of anilines is 1. The van der Waals surface area contributed by atoms with Gasteiger partial charge in [0.1, 0.15) is 5.82 Å². The first-order valence-corrected chi connectivity index (χ1v) is 7.87. The van der Waals surface area contributed by atoms with Crippen molar-refractivity contribution in [2.45, 2.75) is 38.8 Å². The van der Waals surface area contributed by atoms with Crippen molar-refractivity contribution >= 4 is 5.82 Å². The lowest BCUT2D eigenvalue weighted by Gasteiger charge is -2.44. The van der Waals surface area contributed by atoms with Crippen LogP contribution in [0.5, 0.6) is 0 Å². The van der Waals surface area contributed by atoms with Crippen molar-refractivity contribution in [3.05, 3.63) is 23.4 Å². The van der Waals surface area contributed by atoms with E-state index in [-0.39, 0.29) is 0 Å². The molecule has 0 bridgehead atoms. The first-order valence-electron chi connectivity index (χ1n) is 7.87. The standard InChI is InChI=1S/C16H26N4/c1-13-9-14(10-17-2)11-18-16(13)20-8-7-19-6-4-3-5-15(19)12-20/h9,11,15,17H,3-8,10,12H2,1-2H3. The van der Waals surface area contributed by atoms with Gasteiger partial charge in [-0.25, -0.2) is 4.98 Å². The van der Waals surface area contributed by atoms with E-state index in [1.54, 1.807) is 0 Å². The largest absolute Gasteiger partial charge is 0.354 e. The van der Waals surface area contributed by atoms with Crippen molar-refractivity contribution < 1.29 is 0 Å². The molecule has 4 nitrogen and oxygen atoms in total. The molecular formula is C16H26N4. The molecule has 20 heavy (non-hydrogen) atoms. The number of aromatic nitrogens is 1. The first kappa shape index (κ1) is 13.8.